The van der Waals surface area contributed by atoms with Gasteiger partial charge >= 0.3 is 6.18 Å². The summed E-state index contributed by atoms with van der Waals surface area (Å²) in [5.74, 6) is 0.462. The van der Waals surface area contributed by atoms with Crippen molar-refractivity contribution < 1.29 is 13.2 Å². The highest BCUT2D eigenvalue weighted by Gasteiger charge is 2.29. The van der Waals surface area contributed by atoms with Crippen LogP contribution < -0.4 is 0 Å². The van der Waals surface area contributed by atoms with Gasteiger partial charge in [0.05, 0.1) is 5.56 Å². The van der Waals surface area contributed by atoms with Crippen molar-refractivity contribution in [2.75, 3.05) is 0 Å². The Hall–Kier alpha value is -1.25. The summed E-state index contributed by atoms with van der Waals surface area (Å²) in [6.07, 6.45) is 0.327. The lowest BCUT2D eigenvalue weighted by molar-refractivity contribution is -0.137. The van der Waals surface area contributed by atoms with Crippen molar-refractivity contribution in [3.8, 4) is 0 Å². The molecule has 0 saturated heterocycles. The van der Waals surface area contributed by atoms with Gasteiger partial charge < -0.3 is 0 Å². The van der Waals surface area contributed by atoms with Crippen molar-refractivity contribution in [1.82, 2.24) is 0 Å². The fourth-order valence-corrected chi connectivity index (χ4v) is 1.79. The van der Waals surface area contributed by atoms with E-state index in [0.717, 1.165) is 37.0 Å². The van der Waals surface area contributed by atoms with E-state index in [2.05, 4.69) is 13.5 Å². The van der Waals surface area contributed by atoms with Crippen LogP contribution in [0.3, 0.4) is 0 Å². The van der Waals surface area contributed by atoms with Crippen LogP contribution in [0, 0.1) is 5.92 Å². The van der Waals surface area contributed by atoms with Crippen LogP contribution in [0.2, 0.25) is 0 Å². The highest BCUT2D eigenvalue weighted by molar-refractivity contribution is 5.24. The van der Waals surface area contributed by atoms with Gasteiger partial charge in [0.25, 0.3) is 0 Å². The maximum Gasteiger partial charge on any atom is 0.416 e. The third-order valence-electron chi connectivity index (χ3n) is 2.88. The van der Waals surface area contributed by atoms with Gasteiger partial charge in [-0.25, -0.2) is 0 Å². The normalized spacial score (nSPS) is 13.4. The first-order valence-corrected chi connectivity index (χ1v) is 5.74. The Morgan fingerprint density at radius 2 is 1.82 bits per heavy atom. The van der Waals surface area contributed by atoms with Crippen LogP contribution in [0.5, 0.6) is 0 Å². The van der Waals surface area contributed by atoms with E-state index in [-0.39, 0.29) is 0 Å². The van der Waals surface area contributed by atoms with Gasteiger partial charge in [-0.15, -0.1) is 6.58 Å². The monoisotopic (exact) mass is 242 g/mol. The first kappa shape index (κ1) is 13.8. The van der Waals surface area contributed by atoms with Gasteiger partial charge in [0.15, 0.2) is 0 Å². The minimum Gasteiger partial charge on any atom is -0.166 e. The van der Waals surface area contributed by atoms with Crippen LogP contribution in [0.15, 0.2) is 36.9 Å². The molecule has 1 atom stereocenters. The zero-order valence-corrected chi connectivity index (χ0v) is 9.93. The molecular weight excluding hydrogens is 225 g/mol. The topological polar surface area (TPSA) is 0 Å². The van der Waals surface area contributed by atoms with Crippen molar-refractivity contribution >= 4 is 0 Å². The van der Waals surface area contributed by atoms with Crippen LogP contribution in [0.4, 0.5) is 13.2 Å². The first-order valence-electron chi connectivity index (χ1n) is 5.74. The van der Waals surface area contributed by atoms with Gasteiger partial charge in [-0.05, 0) is 36.5 Å². The average Bonchev–Trinajstić information content (AvgIpc) is 2.28. The minimum atomic E-state index is -4.25. The van der Waals surface area contributed by atoms with Gasteiger partial charge in [-0.3, -0.25) is 0 Å². The van der Waals surface area contributed by atoms with E-state index < -0.39 is 11.7 Å². The molecule has 0 N–H and O–H groups in total. The van der Waals surface area contributed by atoms with Gasteiger partial charge in [-0.2, -0.15) is 13.2 Å². The fraction of sp³-hybridized carbons (Fsp3) is 0.429. The van der Waals surface area contributed by atoms with E-state index in [1.54, 1.807) is 12.1 Å². The van der Waals surface area contributed by atoms with Crippen LogP contribution in [0.1, 0.15) is 30.9 Å². The quantitative estimate of drug-likeness (QED) is 0.647. The largest absolute Gasteiger partial charge is 0.416 e. The van der Waals surface area contributed by atoms with Gasteiger partial charge in [0, 0.05) is 0 Å². The van der Waals surface area contributed by atoms with E-state index in [1.807, 2.05) is 6.08 Å². The van der Waals surface area contributed by atoms with Crippen molar-refractivity contribution in [3.05, 3.63) is 48.0 Å². The Morgan fingerprint density at radius 1 is 1.24 bits per heavy atom. The molecule has 0 aliphatic rings. The molecule has 0 amide bonds. The average molecular weight is 242 g/mol. The molecule has 0 fully saturated rings. The molecule has 17 heavy (non-hydrogen) atoms. The van der Waals surface area contributed by atoms with Gasteiger partial charge in [0.2, 0.25) is 0 Å². The van der Waals surface area contributed by atoms with Crippen LogP contribution in [-0.2, 0) is 12.6 Å². The van der Waals surface area contributed by atoms with Crippen molar-refractivity contribution in [1.29, 1.82) is 0 Å². The molecule has 1 rings (SSSR count). The first-order chi connectivity index (χ1) is 7.97. The zero-order chi connectivity index (χ0) is 12.9. The predicted octanol–water partition coefficient (Wildman–Crippen LogP) is 4.85. The molecule has 0 radical (unpaired) electrons. The molecule has 0 heterocycles. The second-order valence-corrected chi connectivity index (χ2v) is 4.20. The van der Waals surface area contributed by atoms with Crippen LogP contribution in [0.25, 0.3) is 0 Å². The number of alkyl halides is 3. The summed E-state index contributed by atoms with van der Waals surface area (Å²) in [6.45, 7) is 5.77. The molecule has 0 saturated carbocycles. The molecule has 0 bridgehead atoms. The van der Waals surface area contributed by atoms with Crippen LogP contribution in [-0.4, -0.2) is 0 Å². The Kier molecular flexibility index (Phi) is 4.79. The molecule has 0 aliphatic carbocycles. The Labute approximate surface area is 100 Å². The number of halogens is 3. The number of allylic oxidation sites excluding steroid dienone is 1. The standard InChI is InChI=1S/C14H17F3/c1-3-5-11(4-2)10-12-6-8-13(9-7-12)14(15,16)17/h3,6-9,11H,1,4-5,10H2,2H3. The molecule has 1 aromatic carbocycles. The summed E-state index contributed by atoms with van der Waals surface area (Å²) in [5, 5.41) is 0. The second kappa shape index (κ2) is 5.89. The van der Waals surface area contributed by atoms with E-state index in [9.17, 15) is 13.2 Å². The van der Waals surface area contributed by atoms with Crippen molar-refractivity contribution in [2.24, 2.45) is 5.92 Å². The molecule has 0 nitrogen and oxygen atoms in total. The van der Waals surface area contributed by atoms with E-state index in [0.29, 0.717) is 5.92 Å². The lowest BCUT2D eigenvalue weighted by atomic mass is 9.93. The van der Waals surface area contributed by atoms with Crippen molar-refractivity contribution in [3.63, 3.8) is 0 Å². The minimum absolute atomic E-state index is 0.462. The molecule has 1 aromatic rings. The third kappa shape index (κ3) is 4.25. The summed E-state index contributed by atoms with van der Waals surface area (Å²) in [6, 6.07) is 5.43. The Bertz CT molecular complexity index is 349. The maximum absolute atomic E-state index is 12.4. The molecule has 0 aromatic heterocycles. The Balaban J connectivity index is 2.71. The molecular formula is C14H17F3. The molecule has 0 spiro atoms. The predicted molar refractivity (Wildman–Crippen MR) is 63.7 cm³/mol. The summed E-state index contributed by atoms with van der Waals surface area (Å²) < 4.78 is 37.1. The van der Waals surface area contributed by atoms with E-state index >= 15 is 0 Å². The Morgan fingerprint density at radius 3 is 2.24 bits per heavy atom. The molecule has 3 heteroatoms. The van der Waals surface area contributed by atoms with Crippen LogP contribution >= 0.6 is 0 Å². The van der Waals surface area contributed by atoms with Crippen molar-refractivity contribution in [2.45, 2.75) is 32.4 Å². The van der Waals surface area contributed by atoms with E-state index in [1.165, 1.54) is 0 Å². The highest BCUT2D eigenvalue weighted by atomic mass is 19.4. The van der Waals surface area contributed by atoms with E-state index in [4.69, 9.17) is 0 Å². The lowest BCUT2D eigenvalue weighted by Crippen LogP contribution is -2.06. The molecule has 1 unspecified atom stereocenters. The zero-order valence-electron chi connectivity index (χ0n) is 9.93. The number of hydrogen-bond donors (Lipinski definition) is 0. The second-order valence-electron chi connectivity index (χ2n) is 4.20. The summed E-state index contributed by atoms with van der Waals surface area (Å²) in [4.78, 5) is 0. The highest BCUT2D eigenvalue weighted by Crippen LogP contribution is 2.29. The lowest BCUT2D eigenvalue weighted by Gasteiger charge is -2.13. The SMILES string of the molecule is C=CCC(CC)Cc1ccc(C(F)(F)F)cc1. The van der Waals surface area contributed by atoms with Gasteiger partial charge in [0.1, 0.15) is 0 Å². The third-order valence-corrected chi connectivity index (χ3v) is 2.88. The number of benzene rings is 1. The van der Waals surface area contributed by atoms with Gasteiger partial charge in [-0.1, -0.05) is 31.6 Å². The summed E-state index contributed by atoms with van der Waals surface area (Å²) in [5.41, 5.74) is 0.365. The molecule has 94 valence electrons. The maximum atomic E-state index is 12.4. The summed E-state index contributed by atoms with van der Waals surface area (Å²) in [7, 11) is 0. The fourth-order valence-electron chi connectivity index (χ4n) is 1.79. The molecule has 0 aliphatic heterocycles. The number of rotatable bonds is 5. The summed E-state index contributed by atoms with van der Waals surface area (Å²) >= 11 is 0. The smallest absolute Gasteiger partial charge is 0.166 e. The number of hydrogen-bond acceptors (Lipinski definition) is 0.